The lowest BCUT2D eigenvalue weighted by molar-refractivity contribution is 1.11. The lowest BCUT2D eigenvalue weighted by Crippen LogP contribution is -2.27. The fourth-order valence-electron chi connectivity index (χ4n) is 6.25. The molecule has 1 aliphatic rings. The van der Waals surface area contributed by atoms with Gasteiger partial charge < -0.3 is 0 Å². The highest BCUT2D eigenvalue weighted by atomic mass is 32.3. The first-order valence-electron chi connectivity index (χ1n) is 13.4. The number of hydrogen-bond acceptors (Lipinski definition) is 2. The molecule has 0 radical (unpaired) electrons. The number of benzene rings is 5. The van der Waals surface area contributed by atoms with Gasteiger partial charge in [0, 0.05) is 49.5 Å². The van der Waals surface area contributed by atoms with Gasteiger partial charge in [0.05, 0.1) is 0 Å². The van der Waals surface area contributed by atoms with Crippen LogP contribution in [-0.4, -0.2) is 0 Å². The van der Waals surface area contributed by atoms with Gasteiger partial charge in [-0.05, 0) is 65.4 Å². The summed E-state index contributed by atoms with van der Waals surface area (Å²) in [5, 5.41) is 5.56. The van der Waals surface area contributed by atoms with Crippen molar-refractivity contribution < 1.29 is 0 Å². The van der Waals surface area contributed by atoms with Gasteiger partial charge in [0.1, 0.15) is 0 Å². The van der Waals surface area contributed by atoms with Crippen LogP contribution in [0.1, 0.15) is 12.8 Å². The smallest absolute Gasteiger partial charge is 0.0485 e. The Kier molecular flexibility index (Phi) is 5.51. The van der Waals surface area contributed by atoms with Crippen LogP contribution in [0, 0.1) is 0 Å². The molecule has 0 fully saturated rings. The van der Waals surface area contributed by atoms with E-state index in [0.717, 1.165) is 12.8 Å². The Morgan fingerprint density at radius 1 is 0.513 bits per heavy atom. The molecule has 0 saturated heterocycles. The van der Waals surface area contributed by atoms with E-state index in [1.54, 1.807) is 4.91 Å². The van der Waals surface area contributed by atoms with Gasteiger partial charge in [0.15, 0.2) is 0 Å². The topological polar surface area (TPSA) is 0 Å². The van der Waals surface area contributed by atoms with Crippen LogP contribution in [0.2, 0.25) is 0 Å². The highest BCUT2D eigenvalue weighted by Crippen LogP contribution is 2.76. The molecule has 7 aromatic rings. The van der Waals surface area contributed by atoms with Gasteiger partial charge in [0.25, 0.3) is 0 Å². The number of fused-ring (bicyclic) bond motifs is 6. The van der Waals surface area contributed by atoms with Crippen molar-refractivity contribution in [2.45, 2.75) is 27.5 Å². The highest BCUT2D eigenvalue weighted by molar-refractivity contribution is 8.41. The highest BCUT2D eigenvalue weighted by Gasteiger charge is 2.38. The number of hydrogen-bond donors (Lipinski definition) is 0. The van der Waals surface area contributed by atoms with E-state index in [1.165, 1.54) is 54.7 Å². The molecule has 0 nitrogen and oxygen atoms in total. The van der Waals surface area contributed by atoms with E-state index in [-0.39, 0.29) is 0 Å². The van der Waals surface area contributed by atoms with E-state index < -0.39 is 10.0 Å². The summed E-state index contributed by atoms with van der Waals surface area (Å²) in [5.74, 6) is 0. The van der Waals surface area contributed by atoms with Crippen LogP contribution < -0.4 is 9.75 Å². The van der Waals surface area contributed by atoms with Crippen molar-refractivity contribution in [1.29, 1.82) is 0 Å². The third-order valence-electron chi connectivity index (χ3n) is 7.87. The van der Waals surface area contributed by atoms with Gasteiger partial charge in [-0.3, -0.25) is 0 Å². The minimum Gasteiger partial charge on any atom is -0.134 e. The molecule has 0 atom stereocenters. The van der Waals surface area contributed by atoms with E-state index in [9.17, 15) is 0 Å². The van der Waals surface area contributed by atoms with Gasteiger partial charge in [-0.1, -0.05) is 91.0 Å². The van der Waals surface area contributed by atoms with Crippen molar-refractivity contribution in [3.8, 4) is 0 Å². The fourth-order valence-corrected chi connectivity index (χ4v) is 13.8. The second-order valence-electron chi connectivity index (χ2n) is 9.98. The van der Waals surface area contributed by atoms with Crippen LogP contribution in [-0.2, 0) is 0 Å². The summed E-state index contributed by atoms with van der Waals surface area (Å²) in [4.78, 5) is 5.91. The predicted octanol–water partition coefficient (Wildman–Crippen LogP) is 9.93. The Balaban J connectivity index is 1.63. The summed E-state index contributed by atoms with van der Waals surface area (Å²) in [6.07, 6.45) is 4.62. The van der Waals surface area contributed by atoms with Crippen LogP contribution >= 0.6 is 32.7 Å². The monoisotopic (exact) mass is 554 g/mol. The Labute approximate surface area is 237 Å². The molecule has 0 bridgehead atoms. The zero-order chi connectivity index (χ0) is 25.8. The summed E-state index contributed by atoms with van der Waals surface area (Å²) in [6.45, 7) is 0. The molecular weight excluding hydrogens is 529 g/mol. The van der Waals surface area contributed by atoms with Crippen molar-refractivity contribution in [2.24, 2.45) is 0 Å². The maximum Gasteiger partial charge on any atom is 0.0485 e. The second kappa shape index (κ2) is 9.24. The minimum atomic E-state index is -1.75. The quantitative estimate of drug-likeness (QED) is 0.203. The third kappa shape index (κ3) is 3.44. The zero-order valence-electron chi connectivity index (χ0n) is 21.3. The molecule has 0 amide bonds. The lowest BCUT2D eigenvalue weighted by atomic mass is 10.1. The number of thiophene rings is 2. The van der Waals surface area contributed by atoms with Crippen LogP contribution in [0.4, 0.5) is 0 Å². The molecule has 0 saturated carbocycles. The molecule has 0 N–H and O–H groups in total. The van der Waals surface area contributed by atoms with E-state index in [2.05, 4.69) is 133 Å². The Bertz CT molecular complexity index is 2080. The molecule has 1 aliphatic carbocycles. The van der Waals surface area contributed by atoms with Gasteiger partial charge in [-0.2, -0.15) is 0 Å². The summed E-state index contributed by atoms with van der Waals surface area (Å²) in [7, 11) is -1.75. The predicted molar refractivity (Wildman–Crippen MR) is 173 cm³/mol. The average Bonchev–Trinajstić information content (AvgIpc) is 3.58. The maximum absolute atomic E-state index is 2.48. The van der Waals surface area contributed by atoms with Crippen LogP contribution in [0.5, 0.6) is 0 Å². The van der Waals surface area contributed by atoms with Crippen LogP contribution in [0.25, 0.3) is 41.2 Å². The maximum atomic E-state index is 2.48. The van der Waals surface area contributed by atoms with Crippen molar-refractivity contribution in [3.63, 3.8) is 0 Å². The van der Waals surface area contributed by atoms with Gasteiger partial charge in [-0.15, -0.1) is 32.7 Å². The molecule has 188 valence electrons. The molecule has 3 heteroatoms. The second-order valence-corrected chi connectivity index (χ2v) is 15.2. The zero-order valence-corrected chi connectivity index (χ0v) is 23.8. The first kappa shape index (κ1) is 23.3. The molecule has 8 rings (SSSR count). The summed E-state index contributed by atoms with van der Waals surface area (Å²) < 4.78 is 5.64. The largest absolute Gasteiger partial charge is 0.134 e. The molecule has 2 aromatic heterocycles. The average molecular weight is 555 g/mol. The standard InChI is InChI=1S/C36H26S3/c1-3-13-25(14-4-1)39(26-15-5-2-6-16-26,33-23-11-19-29-27-17-7-9-21-31(27)37-35(29)33)34-24-12-20-30-28-18-8-10-22-32(28)38-36(30)34/h1-11,13-23H,12,24H2. The molecule has 0 unspecified atom stereocenters. The Hall–Kier alpha value is -3.63. The van der Waals surface area contributed by atoms with Crippen LogP contribution in [0.15, 0.2) is 142 Å². The molecule has 39 heavy (non-hydrogen) atoms. The van der Waals surface area contributed by atoms with Gasteiger partial charge >= 0.3 is 0 Å². The minimum absolute atomic E-state index is 1.07. The third-order valence-corrected chi connectivity index (χ3v) is 14.7. The molecule has 0 aliphatic heterocycles. The summed E-state index contributed by atoms with van der Waals surface area (Å²) in [6, 6.07) is 47.7. The molecule has 5 aromatic carbocycles. The van der Waals surface area contributed by atoms with Gasteiger partial charge in [0.2, 0.25) is 0 Å². The Morgan fingerprint density at radius 2 is 1.10 bits per heavy atom. The van der Waals surface area contributed by atoms with E-state index in [4.69, 9.17) is 0 Å². The SMILES string of the molecule is C1=c2c(sc3ccccc23)=C(S(c2ccccc2)(c2ccccc2)c2cccc3c2sc2ccccc23)CC1. The van der Waals surface area contributed by atoms with E-state index >= 15 is 0 Å². The van der Waals surface area contributed by atoms with Crippen molar-refractivity contribution >= 4 is 73.9 Å². The lowest BCUT2D eigenvalue weighted by Gasteiger charge is -2.44. The number of rotatable bonds is 4. The first-order chi connectivity index (χ1) is 19.4. The van der Waals surface area contributed by atoms with Crippen LogP contribution in [0.3, 0.4) is 0 Å². The summed E-state index contributed by atoms with van der Waals surface area (Å²) >= 11 is 3.94. The fraction of sp³-hybridized carbons (Fsp3) is 0.0556. The molecule has 0 spiro atoms. The first-order valence-corrected chi connectivity index (χ1v) is 16.7. The summed E-state index contributed by atoms with van der Waals surface area (Å²) in [5.41, 5.74) is 0. The van der Waals surface area contributed by atoms with Crippen molar-refractivity contribution in [1.82, 2.24) is 0 Å². The van der Waals surface area contributed by atoms with Gasteiger partial charge in [-0.25, -0.2) is 0 Å². The van der Waals surface area contributed by atoms with Crippen molar-refractivity contribution in [3.05, 3.63) is 137 Å². The molecular formula is C36H26S3. The Morgan fingerprint density at radius 3 is 1.82 bits per heavy atom. The molecule has 2 heterocycles. The van der Waals surface area contributed by atoms with Crippen molar-refractivity contribution in [2.75, 3.05) is 0 Å². The normalized spacial score (nSPS) is 14.0. The van der Waals surface area contributed by atoms with E-state index in [1.807, 2.05) is 22.7 Å². The van der Waals surface area contributed by atoms with E-state index in [0.29, 0.717) is 0 Å².